The molecular weight excluding hydrogens is 290 g/mol. The topological polar surface area (TPSA) is 37.8 Å². The minimum absolute atomic E-state index is 0.0669. The highest BCUT2D eigenvalue weighted by Gasteiger charge is 2.40. The van der Waals surface area contributed by atoms with Gasteiger partial charge in [0.1, 0.15) is 0 Å². The molecule has 0 aliphatic carbocycles. The average molecular weight is 294 g/mol. The Morgan fingerprint density at radius 3 is 2.50 bits per heavy atom. The SMILES string of the molecule is FC(F)C(F)(F)CNc1nnc(Br)s1. The van der Waals surface area contributed by atoms with Crippen LogP contribution in [0.3, 0.4) is 0 Å². The van der Waals surface area contributed by atoms with Gasteiger partial charge in [-0.3, -0.25) is 0 Å². The fourth-order valence-electron chi connectivity index (χ4n) is 0.547. The third-order valence-corrected chi connectivity index (χ3v) is 2.51. The molecule has 14 heavy (non-hydrogen) atoms. The van der Waals surface area contributed by atoms with Gasteiger partial charge in [0.25, 0.3) is 0 Å². The van der Waals surface area contributed by atoms with Gasteiger partial charge in [-0.25, -0.2) is 8.78 Å². The molecular formula is C5H4BrF4N3S. The number of anilines is 1. The monoisotopic (exact) mass is 293 g/mol. The lowest BCUT2D eigenvalue weighted by atomic mass is 10.3. The molecule has 1 aromatic rings. The van der Waals surface area contributed by atoms with E-state index in [0.717, 1.165) is 11.3 Å². The maximum atomic E-state index is 12.4. The van der Waals surface area contributed by atoms with Gasteiger partial charge in [-0.2, -0.15) is 8.78 Å². The van der Waals surface area contributed by atoms with Crippen molar-refractivity contribution in [2.45, 2.75) is 12.3 Å². The van der Waals surface area contributed by atoms with Gasteiger partial charge >= 0.3 is 12.3 Å². The van der Waals surface area contributed by atoms with E-state index in [2.05, 4.69) is 31.4 Å². The molecule has 80 valence electrons. The predicted octanol–water partition coefficient (Wildman–Crippen LogP) is 2.61. The molecule has 0 unspecified atom stereocenters. The summed E-state index contributed by atoms with van der Waals surface area (Å²) < 4.78 is 48.5. The third-order valence-electron chi connectivity index (χ3n) is 1.19. The van der Waals surface area contributed by atoms with Gasteiger partial charge in [-0.1, -0.05) is 11.3 Å². The number of aromatic nitrogens is 2. The standard InChI is InChI=1S/C5H4BrF4N3S/c6-3-12-13-4(14-3)11-1-5(9,10)2(7)8/h2H,1H2,(H,11,13). The van der Waals surface area contributed by atoms with Crippen LogP contribution in [0.25, 0.3) is 0 Å². The van der Waals surface area contributed by atoms with E-state index in [4.69, 9.17) is 0 Å². The van der Waals surface area contributed by atoms with Crippen LogP contribution in [0.15, 0.2) is 3.92 Å². The molecule has 3 nitrogen and oxygen atoms in total. The van der Waals surface area contributed by atoms with Crippen molar-refractivity contribution in [3.63, 3.8) is 0 Å². The van der Waals surface area contributed by atoms with Crippen molar-refractivity contribution in [3.05, 3.63) is 3.92 Å². The van der Waals surface area contributed by atoms with Crippen LogP contribution in [-0.4, -0.2) is 29.1 Å². The Morgan fingerprint density at radius 2 is 2.07 bits per heavy atom. The molecule has 0 fully saturated rings. The summed E-state index contributed by atoms with van der Waals surface area (Å²) in [6.07, 6.45) is -3.69. The smallest absolute Gasteiger partial charge is 0.324 e. The molecule has 1 rings (SSSR count). The van der Waals surface area contributed by atoms with Crippen molar-refractivity contribution in [1.82, 2.24) is 10.2 Å². The van der Waals surface area contributed by atoms with Crippen LogP contribution in [0.5, 0.6) is 0 Å². The number of hydrogen-bond acceptors (Lipinski definition) is 4. The minimum Gasteiger partial charge on any atom is -0.354 e. The van der Waals surface area contributed by atoms with Crippen LogP contribution in [0, 0.1) is 0 Å². The second-order valence-electron chi connectivity index (χ2n) is 2.28. The summed E-state index contributed by atoms with van der Waals surface area (Å²) in [7, 11) is 0. The summed E-state index contributed by atoms with van der Waals surface area (Å²) in [5.41, 5.74) is 0. The summed E-state index contributed by atoms with van der Waals surface area (Å²) in [6, 6.07) is 0. The Labute approximate surface area is 88.7 Å². The highest BCUT2D eigenvalue weighted by Crippen LogP contribution is 2.25. The molecule has 0 aromatic carbocycles. The van der Waals surface area contributed by atoms with Crippen molar-refractivity contribution in [2.24, 2.45) is 0 Å². The van der Waals surface area contributed by atoms with E-state index in [9.17, 15) is 17.6 Å². The molecule has 0 aliphatic heterocycles. The van der Waals surface area contributed by atoms with E-state index in [0.29, 0.717) is 3.92 Å². The van der Waals surface area contributed by atoms with Gasteiger partial charge < -0.3 is 5.32 Å². The van der Waals surface area contributed by atoms with Gasteiger partial charge in [0.15, 0.2) is 3.92 Å². The lowest BCUT2D eigenvalue weighted by molar-refractivity contribution is -0.117. The normalized spacial score (nSPS) is 12.1. The summed E-state index contributed by atoms with van der Waals surface area (Å²) in [6.45, 7) is -1.16. The van der Waals surface area contributed by atoms with Crippen LogP contribution < -0.4 is 5.32 Å². The van der Waals surface area contributed by atoms with Gasteiger partial charge in [-0.15, -0.1) is 10.2 Å². The largest absolute Gasteiger partial charge is 0.354 e. The molecule has 1 N–H and O–H groups in total. The van der Waals surface area contributed by atoms with E-state index in [-0.39, 0.29) is 5.13 Å². The highest BCUT2D eigenvalue weighted by molar-refractivity contribution is 9.11. The highest BCUT2D eigenvalue weighted by atomic mass is 79.9. The van der Waals surface area contributed by atoms with Gasteiger partial charge in [0, 0.05) is 0 Å². The molecule has 1 heterocycles. The average Bonchev–Trinajstić information content (AvgIpc) is 2.48. The fourth-order valence-corrected chi connectivity index (χ4v) is 1.55. The van der Waals surface area contributed by atoms with Crippen LogP contribution in [0.1, 0.15) is 0 Å². The summed E-state index contributed by atoms with van der Waals surface area (Å²) in [5.74, 6) is -4.06. The van der Waals surface area contributed by atoms with Crippen LogP contribution in [-0.2, 0) is 0 Å². The zero-order valence-electron chi connectivity index (χ0n) is 6.48. The van der Waals surface area contributed by atoms with Crippen LogP contribution in [0.4, 0.5) is 22.7 Å². The molecule has 0 aliphatic rings. The van der Waals surface area contributed by atoms with E-state index in [1.165, 1.54) is 0 Å². The second kappa shape index (κ2) is 4.39. The third kappa shape index (κ3) is 3.05. The quantitative estimate of drug-likeness (QED) is 0.867. The minimum atomic E-state index is -4.06. The number of nitrogens with one attached hydrogen (secondary N) is 1. The van der Waals surface area contributed by atoms with Crippen LogP contribution in [0.2, 0.25) is 0 Å². The zero-order valence-corrected chi connectivity index (χ0v) is 8.88. The fraction of sp³-hybridized carbons (Fsp3) is 0.600. The molecule has 0 radical (unpaired) electrons. The summed E-state index contributed by atoms with van der Waals surface area (Å²) in [5, 5.41) is 9.00. The van der Waals surface area contributed by atoms with Crippen molar-refractivity contribution in [1.29, 1.82) is 0 Å². The predicted molar refractivity (Wildman–Crippen MR) is 47.0 cm³/mol. The van der Waals surface area contributed by atoms with Crippen molar-refractivity contribution < 1.29 is 17.6 Å². The second-order valence-corrected chi connectivity index (χ2v) is 4.53. The first-order valence-electron chi connectivity index (χ1n) is 3.30. The number of rotatable bonds is 4. The Morgan fingerprint density at radius 1 is 1.43 bits per heavy atom. The molecule has 1 aromatic heterocycles. The van der Waals surface area contributed by atoms with Crippen LogP contribution >= 0.6 is 27.3 Å². The maximum absolute atomic E-state index is 12.4. The Hall–Kier alpha value is -0.440. The Balaban J connectivity index is 2.48. The first-order chi connectivity index (χ1) is 6.42. The van der Waals surface area contributed by atoms with E-state index in [1.54, 1.807) is 0 Å². The van der Waals surface area contributed by atoms with Crippen molar-refractivity contribution >= 4 is 32.4 Å². The summed E-state index contributed by atoms with van der Waals surface area (Å²) in [4.78, 5) is 0. The van der Waals surface area contributed by atoms with Gasteiger partial charge in [0.05, 0.1) is 6.54 Å². The first kappa shape index (κ1) is 11.6. The number of halogens is 5. The molecule has 0 amide bonds. The first-order valence-corrected chi connectivity index (χ1v) is 4.91. The zero-order chi connectivity index (χ0) is 10.8. The molecule has 0 saturated heterocycles. The number of hydrogen-bond donors (Lipinski definition) is 1. The van der Waals surface area contributed by atoms with Gasteiger partial charge in [-0.05, 0) is 15.9 Å². The molecule has 0 atom stereocenters. The molecule has 0 saturated carbocycles. The number of nitrogens with zero attached hydrogens (tertiary/aromatic N) is 2. The maximum Gasteiger partial charge on any atom is 0.324 e. The van der Waals surface area contributed by atoms with E-state index >= 15 is 0 Å². The lowest BCUT2D eigenvalue weighted by Crippen LogP contribution is -2.34. The Bertz CT molecular complexity index is 305. The molecule has 9 heteroatoms. The van der Waals surface area contributed by atoms with E-state index in [1.807, 2.05) is 0 Å². The van der Waals surface area contributed by atoms with Gasteiger partial charge in [0.2, 0.25) is 5.13 Å². The Kier molecular flexibility index (Phi) is 3.65. The summed E-state index contributed by atoms with van der Waals surface area (Å²) >= 11 is 3.90. The van der Waals surface area contributed by atoms with Crippen molar-refractivity contribution in [2.75, 3.05) is 11.9 Å². The molecule has 0 bridgehead atoms. The van der Waals surface area contributed by atoms with Crippen molar-refractivity contribution in [3.8, 4) is 0 Å². The lowest BCUT2D eigenvalue weighted by Gasteiger charge is -2.14. The molecule has 0 spiro atoms. The number of alkyl halides is 4. The van der Waals surface area contributed by atoms with E-state index < -0.39 is 18.9 Å².